The van der Waals surface area contributed by atoms with Crippen molar-refractivity contribution in [3.8, 4) is 0 Å². The fourth-order valence-electron chi connectivity index (χ4n) is 3.04. The van der Waals surface area contributed by atoms with Gasteiger partial charge in [0.1, 0.15) is 0 Å². The van der Waals surface area contributed by atoms with Crippen LogP contribution in [0, 0.1) is 5.92 Å². The molecule has 3 N–H and O–H groups in total. The van der Waals surface area contributed by atoms with Crippen LogP contribution in [0.15, 0.2) is 4.99 Å². The van der Waals surface area contributed by atoms with E-state index in [1.165, 1.54) is 6.42 Å². The third-order valence-electron chi connectivity index (χ3n) is 4.83. The molecule has 0 radical (unpaired) electrons. The van der Waals surface area contributed by atoms with Crippen LogP contribution in [0.3, 0.4) is 0 Å². The first-order valence-electron chi connectivity index (χ1n) is 9.16. The first-order valence-corrected chi connectivity index (χ1v) is 9.16. The lowest BCUT2D eigenvalue weighted by atomic mass is 9.85. The van der Waals surface area contributed by atoms with Gasteiger partial charge in [-0.15, -0.1) is 0 Å². The van der Waals surface area contributed by atoms with Crippen molar-refractivity contribution in [3.63, 3.8) is 0 Å². The zero-order chi connectivity index (χ0) is 17.4. The summed E-state index contributed by atoms with van der Waals surface area (Å²) in [4.78, 5) is 29.6. The number of carbonyl (C=O) groups is 2. The first kappa shape index (κ1) is 18.5. The number of likely N-dealkylation sites (tertiary alicyclic amines) is 1. The zero-order valence-corrected chi connectivity index (χ0v) is 14.9. The fraction of sp³-hybridized carbons (Fsp3) is 0.824. The average Bonchev–Trinajstić information content (AvgIpc) is 2.99. The van der Waals surface area contributed by atoms with Gasteiger partial charge in [0.05, 0.1) is 0 Å². The molecule has 1 unspecified atom stereocenters. The minimum atomic E-state index is 0.204. The predicted molar refractivity (Wildman–Crippen MR) is 94.7 cm³/mol. The van der Waals surface area contributed by atoms with E-state index in [4.69, 9.17) is 0 Å². The van der Waals surface area contributed by atoms with Crippen LogP contribution in [-0.4, -0.2) is 61.9 Å². The Hall–Kier alpha value is -1.79. The molecule has 24 heavy (non-hydrogen) atoms. The van der Waals surface area contributed by atoms with Crippen LogP contribution < -0.4 is 16.0 Å². The molecule has 0 aromatic heterocycles. The summed E-state index contributed by atoms with van der Waals surface area (Å²) in [6.07, 6.45) is 5.64. The van der Waals surface area contributed by atoms with Gasteiger partial charge in [0.25, 0.3) is 0 Å². The second-order valence-corrected chi connectivity index (χ2v) is 6.59. The molecule has 7 nitrogen and oxygen atoms in total. The summed E-state index contributed by atoms with van der Waals surface area (Å²) in [7, 11) is 1.75. The molecule has 1 aliphatic carbocycles. The van der Waals surface area contributed by atoms with Crippen LogP contribution in [-0.2, 0) is 9.59 Å². The van der Waals surface area contributed by atoms with Gasteiger partial charge in [0, 0.05) is 51.6 Å². The van der Waals surface area contributed by atoms with Gasteiger partial charge in [0.15, 0.2) is 5.96 Å². The van der Waals surface area contributed by atoms with Crippen LogP contribution in [0.2, 0.25) is 0 Å². The topological polar surface area (TPSA) is 85.8 Å². The van der Waals surface area contributed by atoms with E-state index in [0.29, 0.717) is 13.0 Å². The quantitative estimate of drug-likeness (QED) is 0.358. The molecule has 7 heteroatoms. The molecule has 1 saturated heterocycles. The molecule has 2 fully saturated rings. The highest BCUT2D eigenvalue weighted by atomic mass is 16.2. The van der Waals surface area contributed by atoms with Crippen molar-refractivity contribution in [2.45, 2.75) is 51.5 Å². The monoisotopic (exact) mass is 337 g/mol. The second-order valence-electron chi connectivity index (χ2n) is 6.59. The molecule has 0 aromatic rings. The molecule has 1 atom stereocenters. The molecule has 0 bridgehead atoms. The first-order chi connectivity index (χ1) is 11.6. The van der Waals surface area contributed by atoms with Gasteiger partial charge in [-0.05, 0) is 25.7 Å². The molecule has 2 aliphatic rings. The molecule has 0 aromatic carbocycles. The number of aliphatic imine (C=N–C) groups is 1. The summed E-state index contributed by atoms with van der Waals surface area (Å²) in [6, 6.07) is 0.255. The van der Waals surface area contributed by atoms with Crippen LogP contribution in [0.1, 0.15) is 45.4 Å². The van der Waals surface area contributed by atoms with Crippen LogP contribution >= 0.6 is 0 Å². The molecule has 136 valence electrons. The van der Waals surface area contributed by atoms with Crippen molar-refractivity contribution in [2.24, 2.45) is 10.9 Å². The van der Waals surface area contributed by atoms with Crippen LogP contribution in [0.25, 0.3) is 0 Å². The maximum absolute atomic E-state index is 11.7. The molecule has 0 spiro atoms. The number of amides is 2. The summed E-state index contributed by atoms with van der Waals surface area (Å²) >= 11 is 0. The second kappa shape index (κ2) is 9.49. The van der Waals surface area contributed by atoms with Crippen molar-refractivity contribution >= 4 is 17.8 Å². The Balaban J connectivity index is 1.57. The van der Waals surface area contributed by atoms with Crippen LogP contribution in [0.5, 0.6) is 0 Å². The van der Waals surface area contributed by atoms with Gasteiger partial charge in [0.2, 0.25) is 11.8 Å². The van der Waals surface area contributed by atoms with Crippen molar-refractivity contribution in [1.29, 1.82) is 0 Å². The van der Waals surface area contributed by atoms with E-state index in [1.54, 1.807) is 7.05 Å². The van der Waals surface area contributed by atoms with Gasteiger partial charge >= 0.3 is 0 Å². The van der Waals surface area contributed by atoms with Crippen molar-refractivity contribution in [1.82, 2.24) is 20.9 Å². The Morgan fingerprint density at radius 1 is 1.17 bits per heavy atom. The smallest absolute Gasteiger partial charge is 0.223 e. The maximum atomic E-state index is 11.7. The van der Waals surface area contributed by atoms with Gasteiger partial charge in [-0.3, -0.25) is 14.6 Å². The highest BCUT2D eigenvalue weighted by molar-refractivity contribution is 5.81. The minimum absolute atomic E-state index is 0.204. The zero-order valence-electron chi connectivity index (χ0n) is 14.9. The third-order valence-corrected chi connectivity index (χ3v) is 4.83. The fourth-order valence-corrected chi connectivity index (χ4v) is 3.04. The average molecular weight is 337 g/mol. The number of guanidine groups is 1. The van der Waals surface area contributed by atoms with E-state index in [1.807, 2.05) is 11.8 Å². The van der Waals surface area contributed by atoms with Gasteiger partial charge < -0.3 is 20.9 Å². The Labute approximate surface area is 144 Å². The van der Waals surface area contributed by atoms with Crippen molar-refractivity contribution < 1.29 is 9.59 Å². The standard InChI is InChI=1S/C17H31N5O2/c1-3-15(23)22-11-8-14(12-22)21-17(18-2)20-10-5-9-19-16(24)13-6-4-7-13/h13-14H,3-12H2,1-2H3,(H,19,24)(H2,18,20,21). The molecule has 2 rings (SSSR count). The van der Waals surface area contributed by atoms with E-state index in [9.17, 15) is 9.59 Å². The molecular formula is C17H31N5O2. The summed E-state index contributed by atoms with van der Waals surface area (Å²) in [5, 5.41) is 9.63. The third kappa shape index (κ3) is 5.39. The summed E-state index contributed by atoms with van der Waals surface area (Å²) in [5.74, 6) is 1.43. The van der Waals surface area contributed by atoms with Crippen molar-refractivity contribution in [3.05, 3.63) is 0 Å². The number of carbonyl (C=O) groups excluding carboxylic acids is 2. The maximum Gasteiger partial charge on any atom is 0.223 e. The molecular weight excluding hydrogens is 306 g/mol. The number of hydrogen-bond acceptors (Lipinski definition) is 3. The van der Waals surface area contributed by atoms with E-state index >= 15 is 0 Å². The van der Waals surface area contributed by atoms with Crippen molar-refractivity contribution in [2.75, 3.05) is 33.2 Å². The highest BCUT2D eigenvalue weighted by Gasteiger charge is 2.26. The lowest BCUT2D eigenvalue weighted by Gasteiger charge is -2.24. The van der Waals surface area contributed by atoms with Gasteiger partial charge in [-0.25, -0.2) is 0 Å². The van der Waals surface area contributed by atoms with Gasteiger partial charge in [-0.1, -0.05) is 13.3 Å². The Morgan fingerprint density at radius 3 is 2.54 bits per heavy atom. The lowest BCUT2D eigenvalue weighted by molar-refractivity contribution is -0.130. The number of hydrogen-bond donors (Lipinski definition) is 3. The Morgan fingerprint density at radius 2 is 1.92 bits per heavy atom. The number of rotatable bonds is 7. The van der Waals surface area contributed by atoms with E-state index in [2.05, 4.69) is 20.9 Å². The molecule has 1 heterocycles. The number of nitrogens with one attached hydrogen (secondary N) is 3. The van der Waals surface area contributed by atoms with Gasteiger partial charge in [-0.2, -0.15) is 0 Å². The minimum Gasteiger partial charge on any atom is -0.356 e. The summed E-state index contributed by atoms with van der Waals surface area (Å²) in [5.41, 5.74) is 0. The molecule has 1 aliphatic heterocycles. The summed E-state index contributed by atoms with van der Waals surface area (Å²) < 4.78 is 0. The molecule has 2 amide bonds. The van der Waals surface area contributed by atoms with E-state index in [-0.39, 0.29) is 23.8 Å². The van der Waals surface area contributed by atoms with E-state index in [0.717, 1.165) is 51.3 Å². The van der Waals surface area contributed by atoms with E-state index < -0.39 is 0 Å². The highest BCUT2D eigenvalue weighted by Crippen LogP contribution is 2.25. The van der Waals surface area contributed by atoms with Crippen LogP contribution in [0.4, 0.5) is 0 Å². The Kier molecular flexibility index (Phi) is 7.34. The number of nitrogens with zero attached hydrogens (tertiary/aromatic N) is 2. The summed E-state index contributed by atoms with van der Waals surface area (Å²) in [6.45, 7) is 4.91. The lowest BCUT2D eigenvalue weighted by Crippen LogP contribution is -2.45. The largest absolute Gasteiger partial charge is 0.356 e. The predicted octanol–water partition coefficient (Wildman–Crippen LogP) is 0.469. The SMILES string of the molecule is CCC(=O)N1CCC(NC(=NC)NCCCNC(=O)C2CCC2)C1. The Bertz CT molecular complexity index is 462. The molecule has 1 saturated carbocycles. The normalized spacial score (nSPS) is 21.3.